The molecule has 0 aliphatic carbocycles. The van der Waals surface area contributed by atoms with Crippen molar-refractivity contribution < 1.29 is 4.74 Å². The molecule has 2 N–H and O–H groups in total. The Bertz CT molecular complexity index is 349. The quantitative estimate of drug-likeness (QED) is 0.391. The zero-order valence-corrected chi connectivity index (χ0v) is 12.8. The minimum atomic E-state index is 0.798. The summed E-state index contributed by atoms with van der Waals surface area (Å²) >= 11 is 0. The van der Waals surface area contributed by atoms with E-state index in [2.05, 4.69) is 39.5 Å². The standard InChI is InChI=1S/C15H28N4O/c1-3-16-15(17-9-5-8-14-20-4-2)18-10-13-19-11-6-7-12-19/h6-7,11-12H,3-5,8-10,13-14H2,1-2H3,(H2,16,17,18). The number of rotatable bonds is 10. The molecule has 5 nitrogen and oxygen atoms in total. The van der Waals surface area contributed by atoms with Crippen LogP contribution in [0.3, 0.4) is 0 Å². The molecular weight excluding hydrogens is 252 g/mol. The van der Waals surface area contributed by atoms with Crippen LogP contribution in [0, 0.1) is 0 Å². The van der Waals surface area contributed by atoms with Crippen molar-refractivity contribution in [2.24, 2.45) is 4.99 Å². The van der Waals surface area contributed by atoms with Gasteiger partial charge in [0.2, 0.25) is 0 Å². The first-order chi connectivity index (χ1) is 9.86. The van der Waals surface area contributed by atoms with Crippen molar-refractivity contribution in [3.8, 4) is 0 Å². The lowest BCUT2D eigenvalue weighted by molar-refractivity contribution is 0.144. The van der Waals surface area contributed by atoms with Crippen molar-refractivity contribution >= 4 is 5.96 Å². The molecule has 114 valence electrons. The maximum absolute atomic E-state index is 5.31. The predicted octanol–water partition coefficient (Wildman–Crippen LogP) is 1.86. The number of hydrogen-bond acceptors (Lipinski definition) is 2. The van der Waals surface area contributed by atoms with E-state index in [1.54, 1.807) is 0 Å². The van der Waals surface area contributed by atoms with Crippen molar-refractivity contribution in [2.45, 2.75) is 33.2 Å². The fraction of sp³-hybridized carbons (Fsp3) is 0.667. The van der Waals surface area contributed by atoms with Gasteiger partial charge in [-0.1, -0.05) is 0 Å². The molecule has 1 aromatic rings. The Morgan fingerprint density at radius 1 is 1.15 bits per heavy atom. The Hall–Kier alpha value is -1.49. The van der Waals surface area contributed by atoms with E-state index >= 15 is 0 Å². The second kappa shape index (κ2) is 11.3. The van der Waals surface area contributed by atoms with Gasteiger partial charge in [-0.05, 0) is 38.8 Å². The van der Waals surface area contributed by atoms with Crippen molar-refractivity contribution in [1.29, 1.82) is 0 Å². The van der Waals surface area contributed by atoms with Crippen molar-refractivity contribution in [3.63, 3.8) is 0 Å². The van der Waals surface area contributed by atoms with Gasteiger partial charge in [0.15, 0.2) is 5.96 Å². The number of ether oxygens (including phenoxy) is 1. The molecule has 0 unspecified atom stereocenters. The van der Waals surface area contributed by atoms with Crippen LogP contribution in [0.1, 0.15) is 26.7 Å². The molecule has 0 spiro atoms. The predicted molar refractivity (Wildman–Crippen MR) is 84.1 cm³/mol. The van der Waals surface area contributed by atoms with Crippen molar-refractivity contribution in [3.05, 3.63) is 24.5 Å². The van der Waals surface area contributed by atoms with Crippen LogP contribution in [-0.2, 0) is 11.3 Å². The summed E-state index contributed by atoms with van der Waals surface area (Å²) in [4.78, 5) is 4.56. The molecule has 1 heterocycles. The topological polar surface area (TPSA) is 50.6 Å². The van der Waals surface area contributed by atoms with E-state index < -0.39 is 0 Å². The highest BCUT2D eigenvalue weighted by Gasteiger charge is 1.96. The van der Waals surface area contributed by atoms with Gasteiger partial charge in [-0.3, -0.25) is 4.99 Å². The zero-order valence-electron chi connectivity index (χ0n) is 12.8. The van der Waals surface area contributed by atoms with Gasteiger partial charge in [-0.25, -0.2) is 0 Å². The molecule has 0 fully saturated rings. The number of nitrogens with one attached hydrogen (secondary N) is 2. The highest BCUT2D eigenvalue weighted by molar-refractivity contribution is 5.79. The van der Waals surface area contributed by atoms with Crippen LogP contribution in [0.4, 0.5) is 0 Å². The second-order valence-corrected chi connectivity index (χ2v) is 4.51. The molecular formula is C15H28N4O. The number of unbranched alkanes of at least 4 members (excludes halogenated alkanes) is 1. The summed E-state index contributed by atoms with van der Waals surface area (Å²) in [6, 6.07) is 4.08. The summed E-state index contributed by atoms with van der Waals surface area (Å²) in [6.45, 7) is 9.28. The molecule has 0 atom stereocenters. The Morgan fingerprint density at radius 3 is 2.65 bits per heavy atom. The van der Waals surface area contributed by atoms with Crippen LogP contribution in [0.5, 0.6) is 0 Å². The van der Waals surface area contributed by atoms with E-state index in [0.29, 0.717) is 0 Å². The molecule has 5 heteroatoms. The average molecular weight is 280 g/mol. The Balaban J connectivity index is 2.17. The van der Waals surface area contributed by atoms with Crippen LogP contribution in [0.25, 0.3) is 0 Å². The first-order valence-corrected chi connectivity index (χ1v) is 7.57. The summed E-state index contributed by atoms with van der Waals surface area (Å²) in [6.07, 6.45) is 6.27. The number of aromatic nitrogens is 1. The summed E-state index contributed by atoms with van der Waals surface area (Å²) in [5, 5.41) is 6.61. The third-order valence-corrected chi connectivity index (χ3v) is 2.84. The summed E-state index contributed by atoms with van der Waals surface area (Å²) < 4.78 is 7.46. The molecule has 0 saturated heterocycles. The smallest absolute Gasteiger partial charge is 0.191 e. The summed E-state index contributed by atoms with van der Waals surface area (Å²) in [7, 11) is 0. The number of guanidine groups is 1. The van der Waals surface area contributed by atoms with Crippen molar-refractivity contribution in [2.75, 3.05) is 32.8 Å². The summed E-state index contributed by atoms with van der Waals surface area (Å²) in [5.41, 5.74) is 0. The normalized spacial score (nSPS) is 11.6. The maximum Gasteiger partial charge on any atom is 0.191 e. The monoisotopic (exact) mass is 280 g/mol. The Kier molecular flexibility index (Phi) is 9.40. The number of hydrogen-bond donors (Lipinski definition) is 2. The van der Waals surface area contributed by atoms with Crippen LogP contribution in [-0.4, -0.2) is 43.4 Å². The molecule has 0 radical (unpaired) electrons. The Morgan fingerprint density at radius 2 is 1.95 bits per heavy atom. The van der Waals surface area contributed by atoms with Gasteiger partial charge in [0, 0.05) is 51.8 Å². The van der Waals surface area contributed by atoms with Crippen LogP contribution in [0.2, 0.25) is 0 Å². The maximum atomic E-state index is 5.31. The van der Waals surface area contributed by atoms with Gasteiger partial charge >= 0.3 is 0 Å². The minimum absolute atomic E-state index is 0.798. The molecule has 1 rings (SSSR count). The molecule has 20 heavy (non-hydrogen) atoms. The molecule has 0 bridgehead atoms. The third kappa shape index (κ3) is 7.84. The average Bonchev–Trinajstić information content (AvgIpc) is 2.96. The highest BCUT2D eigenvalue weighted by atomic mass is 16.5. The third-order valence-electron chi connectivity index (χ3n) is 2.84. The van der Waals surface area contributed by atoms with Crippen LogP contribution >= 0.6 is 0 Å². The highest BCUT2D eigenvalue weighted by Crippen LogP contribution is 1.91. The van der Waals surface area contributed by atoms with E-state index in [-0.39, 0.29) is 0 Å². The second-order valence-electron chi connectivity index (χ2n) is 4.51. The fourth-order valence-electron chi connectivity index (χ4n) is 1.82. The zero-order chi connectivity index (χ0) is 14.5. The molecule has 0 saturated carbocycles. The van der Waals surface area contributed by atoms with E-state index in [0.717, 1.165) is 58.2 Å². The van der Waals surface area contributed by atoms with Gasteiger partial charge in [-0.2, -0.15) is 0 Å². The largest absolute Gasteiger partial charge is 0.382 e. The van der Waals surface area contributed by atoms with Gasteiger partial charge in [0.25, 0.3) is 0 Å². The van der Waals surface area contributed by atoms with Crippen molar-refractivity contribution in [1.82, 2.24) is 15.2 Å². The summed E-state index contributed by atoms with van der Waals surface area (Å²) in [5.74, 6) is 0.899. The molecule has 0 aliphatic rings. The molecule has 1 aromatic heterocycles. The lowest BCUT2D eigenvalue weighted by Gasteiger charge is -2.11. The minimum Gasteiger partial charge on any atom is -0.382 e. The van der Waals surface area contributed by atoms with Crippen LogP contribution < -0.4 is 10.6 Å². The van der Waals surface area contributed by atoms with E-state index in [4.69, 9.17) is 4.74 Å². The van der Waals surface area contributed by atoms with Gasteiger partial charge in [0.05, 0.1) is 0 Å². The van der Waals surface area contributed by atoms with Gasteiger partial charge in [0.1, 0.15) is 0 Å². The SMILES string of the molecule is CCNC(=NCCCCOCC)NCCn1cccc1. The van der Waals surface area contributed by atoms with E-state index in [1.807, 2.05) is 19.1 Å². The van der Waals surface area contributed by atoms with Gasteiger partial charge in [-0.15, -0.1) is 0 Å². The first-order valence-electron chi connectivity index (χ1n) is 7.57. The van der Waals surface area contributed by atoms with Gasteiger partial charge < -0.3 is 19.9 Å². The molecule has 0 aliphatic heterocycles. The first kappa shape index (κ1) is 16.6. The van der Waals surface area contributed by atoms with E-state index in [9.17, 15) is 0 Å². The molecule has 0 amide bonds. The van der Waals surface area contributed by atoms with E-state index in [1.165, 1.54) is 0 Å². The molecule has 0 aromatic carbocycles. The number of nitrogens with zero attached hydrogens (tertiary/aromatic N) is 2. The lowest BCUT2D eigenvalue weighted by Crippen LogP contribution is -2.38. The van der Waals surface area contributed by atoms with Crippen LogP contribution in [0.15, 0.2) is 29.5 Å². The Labute approximate surface area is 122 Å². The lowest BCUT2D eigenvalue weighted by atomic mass is 10.3. The fourth-order valence-corrected chi connectivity index (χ4v) is 1.82. The number of aliphatic imine (C=N–C) groups is 1.